The summed E-state index contributed by atoms with van der Waals surface area (Å²) in [4.78, 5) is 27.2. The molecule has 0 aromatic heterocycles. The second-order valence-electron chi connectivity index (χ2n) is 6.96. The fourth-order valence-electron chi connectivity index (χ4n) is 3.62. The number of Topliss-reactive ketones (excluding diaryl/α,β-unsaturated/α-hetero) is 1. The maximum Gasteiger partial charge on any atom is 0.254 e. The van der Waals surface area contributed by atoms with Crippen LogP contribution in [0.1, 0.15) is 33.6 Å². The molecule has 0 saturated carbocycles. The predicted octanol–water partition coefficient (Wildman–Crippen LogP) is 3.55. The number of nitrogens with zero attached hydrogens (tertiary/aromatic N) is 1. The van der Waals surface area contributed by atoms with E-state index in [9.17, 15) is 14.7 Å². The molecule has 1 amide bonds. The predicted molar refractivity (Wildman–Crippen MR) is 104 cm³/mol. The molecule has 0 aliphatic carbocycles. The van der Waals surface area contributed by atoms with Crippen LogP contribution in [0.3, 0.4) is 0 Å². The van der Waals surface area contributed by atoms with Crippen molar-refractivity contribution in [1.29, 1.82) is 0 Å². The van der Waals surface area contributed by atoms with Crippen LogP contribution in [0, 0.1) is 5.92 Å². The second-order valence-corrected chi connectivity index (χ2v) is 7.37. The highest BCUT2D eigenvalue weighted by atomic mass is 35.5. The van der Waals surface area contributed by atoms with Gasteiger partial charge in [-0.3, -0.25) is 9.59 Å². The zero-order valence-corrected chi connectivity index (χ0v) is 15.9. The van der Waals surface area contributed by atoms with E-state index in [1.807, 2.05) is 0 Å². The molecule has 7 heteroatoms. The van der Waals surface area contributed by atoms with Crippen molar-refractivity contribution in [1.82, 2.24) is 4.90 Å². The Morgan fingerprint density at radius 3 is 2.39 bits per heavy atom. The number of phenolic OH excluding ortho intramolecular Hbond substituents is 1. The Balaban J connectivity index is 1.42. The standard InChI is InChI=1S/C21H20ClNO5/c22-17-11-15(12-18-20(17)28-10-9-27-18)21(26)23-7-5-14(6-8-23)19(25)13-1-3-16(24)4-2-13/h1-4,11-12,14,24H,5-10H2. The lowest BCUT2D eigenvalue weighted by Gasteiger charge is -2.31. The number of carbonyl (C=O) groups is 2. The Morgan fingerprint density at radius 2 is 1.68 bits per heavy atom. The summed E-state index contributed by atoms with van der Waals surface area (Å²) < 4.78 is 11.0. The number of likely N-dealkylation sites (tertiary alicyclic amines) is 1. The van der Waals surface area contributed by atoms with Crippen molar-refractivity contribution in [2.24, 2.45) is 5.92 Å². The summed E-state index contributed by atoms with van der Waals surface area (Å²) in [6.07, 6.45) is 1.20. The maximum absolute atomic E-state index is 12.9. The Kier molecular flexibility index (Phi) is 5.13. The number of hydrogen-bond donors (Lipinski definition) is 1. The number of rotatable bonds is 3. The van der Waals surface area contributed by atoms with E-state index in [2.05, 4.69) is 0 Å². The molecule has 2 aromatic carbocycles. The molecule has 4 rings (SSSR count). The summed E-state index contributed by atoms with van der Waals surface area (Å²) in [5, 5.41) is 9.72. The van der Waals surface area contributed by atoms with E-state index >= 15 is 0 Å². The average molecular weight is 402 g/mol. The van der Waals surface area contributed by atoms with Gasteiger partial charge in [-0.05, 0) is 49.2 Å². The van der Waals surface area contributed by atoms with E-state index in [0.717, 1.165) is 0 Å². The van der Waals surface area contributed by atoms with Gasteiger partial charge in [0.05, 0.1) is 5.02 Å². The number of aromatic hydroxyl groups is 1. The minimum absolute atomic E-state index is 0.0504. The molecule has 2 heterocycles. The molecule has 2 aromatic rings. The van der Waals surface area contributed by atoms with Crippen molar-refractivity contribution in [2.75, 3.05) is 26.3 Å². The van der Waals surface area contributed by atoms with Gasteiger partial charge in [0, 0.05) is 30.1 Å². The normalized spacial score (nSPS) is 16.7. The largest absolute Gasteiger partial charge is 0.508 e. The third kappa shape index (κ3) is 3.64. The molecule has 28 heavy (non-hydrogen) atoms. The van der Waals surface area contributed by atoms with Gasteiger partial charge in [-0.2, -0.15) is 0 Å². The van der Waals surface area contributed by atoms with Crippen LogP contribution in [-0.2, 0) is 0 Å². The van der Waals surface area contributed by atoms with Crippen LogP contribution < -0.4 is 9.47 Å². The third-order valence-corrected chi connectivity index (χ3v) is 5.43. The van der Waals surface area contributed by atoms with Crippen molar-refractivity contribution >= 4 is 23.3 Å². The topological polar surface area (TPSA) is 76.1 Å². The van der Waals surface area contributed by atoms with Gasteiger partial charge in [-0.15, -0.1) is 0 Å². The first-order valence-electron chi connectivity index (χ1n) is 9.24. The molecule has 0 bridgehead atoms. The minimum atomic E-state index is -0.130. The van der Waals surface area contributed by atoms with Gasteiger partial charge in [0.25, 0.3) is 5.91 Å². The van der Waals surface area contributed by atoms with E-state index in [4.69, 9.17) is 21.1 Å². The number of piperidine rings is 1. The molecule has 0 radical (unpaired) electrons. The van der Waals surface area contributed by atoms with Gasteiger partial charge in [-0.25, -0.2) is 0 Å². The SMILES string of the molecule is O=C(c1ccc(O)cc1)C1CCN(C(=O)c2cc(Cl)c3c(c2)OCCO3)CC1. The van der Waals surface area contributed by atoms with Gasteiger partial charge in [-0.1, -0.05) is 11.6 Å². The molecule has 146 valence electrons. The van der Waals surface area contributed by atoms with E-state index in [-0.39, 0.29) is 23.4 Å². The summed E-state index contributed by atoms with van der Waals surface area (Å²) in [6, 6.07) is 9.55. The Bertz CT molecular complexity index is 904. The highest BCUT2D eigenvalue weighted by molar-refractivity contribution is 6.32. The van der Waals surface area contributed by atoms with Gasteiger partial charge >= 0.3 is 0 Å². The van der Waals surface area contributed by atoms with Crippen LogP contribution in [0.5, 0.6) is 17.2 Å². The van der Waals surface area contributed by atoms with E-state index in [1.165, 1.54) is 12.1 Å². The van der Waals surface area contributed by atoms with Crippen LogP contribution in [-0.4, -0.2) is 48.0 Å². The molecule has 1 N–H and O–H groups in total. The van der Waals surface area contributed by atoms with Crippen LogP contribution in [0.25, 0.3) is 0 Å². The smallest absolute Gasteiger partial charge is 0.254 e. The highest BCUT2D eigenvalue weighted by Crippen LogP contribution is 2.38. The van der Waals surface area contributed by atoms with E-state index < -0.39 is 0 Å². The maximum atomic E-state index is 12.9. The quantitative estimate of drug-likeness (QED) is 0.796. The van der Waals surface area contributed by atoms with Crippen LogP contribution in [0.2, 0.25) is 5.02 Å². The molecule has 1 fully saturated rings. The zero-order chi connectivity index (χ0) is 19.7. The lowest BCUT2D eigenvalue weighted by atomic mass is 9.88. The molecular formula is C21H20ClNO5. The fraction of sp³-hybridized carbons (Fsp3) is 0.333. The molecule has 6 nitrogen and oxygen atoms in total. The van der Waals surface area contributed by atoms with Crippen LogP contribution >= 0.6 is 11.6 Å². The number of amides is 1. The Morgan fingerprint density at radius 1 is 1.00 bits per heavy atom. The molecule has 1 saturated heterocycles. The number of halogens is 1. The van der Waals surface area contributed by atoms with Crippen LogP contribution in [0.15, 0.2) is 36.4 Å². The summed E-state index contributed by atoms with van der Waals surface area (Å²) in [5.74, 6) is 0.888. The third-order valence-electron chi connectivity index (χ3n) is 5.15. The number of ketones is 1. The van der Waals surface area contributed by atoms with Crippen molar-refractivity contribution in [3.63, 3.8) is 0 Å². The zero-order valence-electron chi connectivity index (χ0n) is 15.2. The van der Waals surface area contributed by atoms with Gasteiger partial charge in [0.15, 0.2) is 17.3 Å². The number of hydrogen-bond acceptors (Lipinski definition) is 5. The number of ether oxygens (including phenoxy) is 2. The average Bonchev–Trinajstić information content (AvgIpc) is 2.73. The summed E-state index contributed by atoms with van der Waals surface area (Å²) in [6.45, 7) is 1.85. The van der Waals surface area contributed by atoms with Crippen LogP contribution in [0.4, 0.5) is 0 Å². The molecular weight excluding hydrogens is 382 g/mol. The van der Waals surface area contributed by atoms with Crippen molar-refractivity contribution < 1.29 is 24.2 Å². The highest BCUT2D eigenvalue weighted by Gasteiger charge is 2.29. The van der Waals surface area contributed by atoms with Crippen molar-refractivity contribution in [2.45, 2.75) is 12.8 Å². The first kappa shape index (κ1) is 18.6. The lowest BCUT2D eigenvalue weighted by Crippen LogP contribution is -2.40. The summed E-state index contributed by atoms with van der Waals surface area (Å²) >= 11 is 6.24. The van der Waals surface area contributed by atoms with Crippen molar-refractivity contribution in [3.8, 4) is 17.2 Å². The second kappa shape index (κ2) is 7.72. The molecule has 0 spiro atoms. The first-order valence-corrected chi connectivity index (χ1v) is 9.62. The number of phenols is 1. The molecule has 0 atom stereocenters. The Labute approximate surface area is 167 Å². The van der Waals surface area contributed by atoms with E-state index in [1.54, 1.807) is 29.2 Å². The van der Waals surface area contributed by atoms with Gasteiger partial charge in [0.1, 0.15) is 19.0 Å². The molecule has 0 unspecified atom stereocenters. The monoisotopic (exact) mass is 401 g/mol. The summed E-state index contributed by atoms with van der Waals surface area (Å²) in [7, 11) is 0. The van der Waals surface area contributed by atoms with Gasteiger partial charge < -0.3 is 19.5 Å². The minimum Gasteiger partial charge on any atom is -0.508 e. The van der Waals surface area contributed by atoms with Crippen molar-refractivity contribution in [3.05, 3.63) is 52.5 Å². The number of carbonyl (C=O) groups excluding carboxylic acids is 2. The molecule has 2 aliphatic rings. The fourth-order valence-corrected chi connectivity index (χ4v) is 3.89. The first-order chi connectivity index (χ1) is 13.5. The molecule has 2 aliphatic heterocycles. The number of benzene rings is 2. The Hall–Kier alpha value is -2.73. The number of fused-ring (bicyclic) bond motifs is 1. The van der Waals surface area contributed by atoms with Gasteiger partial charge in [0.2, 0.25) is 0 Å². The van der Waals surface area contributed by atoms with E-state index in [0.29, 0.717) is 66.8 Å². The lowest BCUT2D eigenvalue weighted by molar-refractivity contribution is 0.0649. The summed E-state index contributed by atoms with van der Waals surface area (Å²) in [5.41, 5.74) is 1.04.